The molecule has 2 nitrogen and oxygen atoms in total. The van der Waals surface area contributed by atoms with E-state index in [0.717, 1.165) is 57.8 Å². The zero-order valence-corrected chi connectivity index (χ0v) is 15.2. The van der Waals surface area contributed by atoms with Crippen LogP contribution in [0.1, 0.15) is 71.1 Å². The SMILES string of the molecule is CCC=CCC=CCCC=CC=CCC=CCCCCCC(=O)O. The van der Waals surface area contributed by atoms with Crippen molar-refractivity contribution >= 4 is 5.97 Å². The molecule has 1 N–H and O–H groups in total. The van der Waals surface area contributed by atoms with Crippen LogP contribution in [0.2, 0.25) is 0 Å². The molecule has 0 aromatic heterocycles. The number of aliphatic carboxylic acids is 1. The van der Waals surface area contributed by atoms with Crippen LogP contribution in [0.3, 0.4) is 0 Å². The Morgan fingerprint density at radius 1 is 0.708 bits per heavy atom. The molecule has 0 spiro atoms. The second kappa shape index (κ2) is 19.2. The fourth-order valence-electron chi connectivity index (χ4n) is 2.09. The van der Waals surface area contributed by atoms with Crippen LogP contribution in [0, 0.1) is 0 Å². The van der Waals surface area contributed by atoms with Crippen LogP contribution in [0.4, 0.5) is 0 Å². The van der Waals surface area contributed by atoms with E-state index in [0.29, 0.717) is 6.42 Å². The summed E-state index contributed by atoms with van der Waals surface area (Å²) in [6, 6.07) is 0. The van der Waals surface area contributed by atoms with Gasteiger partial charge in [0.15, 0.2) is 0 Å². The van der Waals surface area contributed by atoms with Crippen molar-refractivity contribution in [3.8, 4) is 0 Å². The number of carboxylic acids is 1. The molecule has 0 amide bonds. The summed E-state index contributed by atoms with van der Waals surface area (Å²) in [6.45, 7) is 2.15. The van der Waals surface area contributed by atoms with Crippen LogP contribution < -0.4 is 0 Å². The van der Waals surface area contributed by atoms with Crippen molar-refractivity contribution in [1.29, 1.82) is 0 Å². The van der Waals surface area contributed by atoms with Crippen molar-refractivity contribution in [1.82, 2.24) is 0 Å². The Labute approximate surface area is 148 Å². The van der Waals surface area contributed by atoms with E-state index in [4.69, 9.17) is 5.11 Å². The average molecular weight is 331 g/mol. The second-order valence-electron chi connectivity index (χ2n) is 5.72. The average Bonchev–Trinajstić information content (AvgIpc) is 2.56. The first-order valence-electron chi connectivity index (χ1n) is 9.25. The maximum absolute atomic E-state index is 10.3. The molecule has 0 rings (SSSR count). The van der Waals surface area contributed by atoms with Gasteiger partial charge in [0.1, 0.15) is 0 Å². The highest BCUT2D eigenvalue weighted by molar-refractivity contribution is 5.66. The minimum Gasteiger partial charge on any atom is -0.481 e. The fourth-order valence-corrected chi connectivity index (χ4v) is 2.09. The Kier molecular flexibility index (Phi) is 17.8. The summed E-state index contributed by atoms with van der Waals surface area (Å²) in [5.41, 5.74) is 0. The van der Waals surface area contributed by atoms with E-state index < -0.39 is 5.97 Å². The van der Waals surface area contributed by atoms with Crippen molar-refractivity contribution in [2.75, 3.05) is 0 Å². The lowest BCUT2D eigenvalue weighted by Crippen LogP contribution is -1.93. The molecule has 0 atom stereocenters. The number of hydrogen-bond donors (Lipinski definition) is 1. The topological polar surface area (TPSA) is 37.3 Å². The van der Waals surface area contributed by atoms with Gasteiger partial charge in [-0.15, -0.1) is 0 Å². The Balaban J connectivity index is 3.43. The summed E-state index contributed by atoms with van der Waals surface area (Å²) in [5, 5.41) is 8.52. The molecular weight excluding hydrogens is 296 g/mol. The molecule has 0 radical (unpaired) electrons. The van der Waals surface area contributed by atoms with Crippen molar-refractivity contribution < 1.29 is 9.90 Å². The first-order chi connectivity index (χ1) is 11.8. The summed E-state index contributed by atoms with van der Waals surface area (Å²) < 4.78 is 0. The van der Waals surface area contributed by atoms with Gasteiger partial charge in [-0.05, 0) is 51.4 Å². The van der Waals surface area contributed by atoms with E-state index >= 15 is 0 Å². The Bertz CT molecular complexity index is 425. The number of rotatable bonds is 15. The van der Waals surface area contributed by atoms with Gasteiger partial charge < -0.3 is 5.11 Å². The van der Waals surface area contributed by atoms with E-state index in [-0.39, 0.29) is 0 Å². The first-order valence-corrected chi connectivity index (χ1v) is 9.25. The third kappa shape index (κ3) is 20.2. The van der Waals surface area contributed by atoms with E-state index in [1.54, 1.807) is 0 Å². The van der Waals surface area contributed by atoms with Gasteiger partial charge >= 0.3 is 5.97 Å². The van der Waals surface area contributed by atoms with Crippen LogP contribution in [0.25, 0.3) is 0 Å². The lowest BCUT2D eigenvalue weighted by molar-refractivity contribution is -0.137. The van der Waals surface area contributed by atoms with Gasteiger partial charge in [0.2, 0.25) is 0 Å². The standard InChI is InChI=1S/C22H34O2/c1-2-3-4-5-6-7-8-9-10-11-12-13-14-15-16-17-18-19-20-21-22(23)24/h3-4,6-7,10-13,15-16H,2,5,8-9,14,17-21H2,1H3,(H,23,24). The minimum atomic E-state index is -0.691. The maximum Gasteiger partial charge on any atom is 0.303 e. The summed E-state index contributed by atoms with van der Waals surface area (Å²) in [6.07, 6.45) is 31.3. The highest BCUT2D eigenvalue weighted by Crippen LogP contribution is 2.04. The smallest absolute Gasteiger partial charge is 0.303 e. The van der Waals surface area contributed by atoms with Crippen molar-refractivity contribution in [2.24, 2.45) is 0 Å². The zero-order valence-electron chi connectivity index (χ0n) is 15.2. The Morgan fingerprint density at radius 3 is 2.08 bits per heavy atom. The van der Waals surface area contributed by atoms with Gasteiger partial charge in [-0.25, -0.2) is 0 Å². The predicted octanol–water partition coefficient (Wildman–Crippen LogP) is 6.77. The number of carbonyl (C=O) groups is 1. The molecule has 0 saturated heterocycles. The van der Waals surface area contributed by atoms with Crippen molar-refractivity contribution in [3.05, 3.63) is 60.8 Å². The molecule has 0 saturated carbocycles. The lowest BCUT2D eigenvalue weighted by atomic mass is 10.1. The van der Waals surface area contributed by atoms with E-state index in [9.17, 15) is 4.79 Å². The summed E-state index contributed by atoms with van der Waals surface area (Å²) in [5.74, 6) is -0.691. The highest BCUT2D eigenvalue weighted by atomic mass is 16.4. The molecule has 2 heteroatoms. The summed E-state index contributed by atoms with van der Waals surface area (Å²) in [7, 11) is 0. The first kappa shape index (κ1) is 22.2. The quantitative estimate of drug-likeness (QED) is 0.204. The third-order valence-corrected chi connectivity index (χ3v) is 3.42. The van der Waals surface area contributed by atoms with Gasteiger partial charge in [0.05, 0.1) is 0 Å². The molecular formula is C22H34O2. The molecule has 0 bridgehead atoms. The summed E-state index contributed by atoms with van der Waals surface area (Å²) in [4.78, 5) is 10.3. The predicted molar refractivity (Wildman–Crippen MR) is 105 cm³/mol. The van der Waals surface area contributed by atoms with Crippen LogP contribution in [-0.2, 0) is 4.79 Å². The molecule has 0 aromatic carbocycles. The molecule has 0 heterocycles. The summed E-state index contributed by atoms with van der Waals surface area (Å²) >= 11 is 0. The molecule has 0 aromatic rings. The van der Waals surface area contributed by atoms with Gasteiger partial charge in [-0.3, -0.25) is 4.79 Å². The van der Waals surface area contributed by atoms with Gasteiger partial charge in [-0.2, -0.15) is 0 Å². The number of hydrogen-bond acceptors (Lipinski definition) is 1. The van der Waals surface area contributed by atoms with Crippen molar-refractivity contribution in [2.45, 2.75) is 71.1 Å². The van der Waals surface area contributed by atoms with Crippen LogP contribution in [-0.4, -0.2) is 11.1 Å². The monoisotopic (exact) mass is 330 g/mol. The van der Waals surface area contributed by atoms with Gasteiger partial charge in [0, 0.05) is 6.42 Å². The number of carboxylic acid groups (broad SMARTS) is 1. The van der Waals surface area contributed by atoms with Crippen LogP contribution in [0.15, 0.2) is 60.8 Å². The highest BCUT2D eigenvalue weighted by Gasteiger charge is 1.94. The molecule has 134 valence electrons. The molecule has 0 aliphatic rings. The number of unbranched alkanes of at least 4 members (excludes halogenated alkanes) is 4. The minimum absolute atomic E-state index is 0.296. The van der Waals surface area contributed by atoms with Gasteiger partial charge in [-0.1, -0.05) is 74.1 Å². The molecule has 0 unspecified atom stereocenters. The van der Waals surface area contributed by atoms with E-state index in [1.165, 1.54) is 0 Å². The largest absolute Gasteiger partial charge is 0.481 e. The van der Waals surface area contributed by atoms with Crippen molar-refractivity contribution in [3.63, 3.8) is 0 Å². The molecule has 0 aliphatic heterocycles. The van der Waals surface area contributed by atoms with E-state index in [2.05, 4.69) is 67.7 Å². The Morgan fingerprint density at radius 2 is 1.33 bits per heavy atom. The van der Waals surface area contributed by atoms with Crippen LogP contribution in [0.5, 0.6) is 0 Å². The van der Waals surface area contributed by atoms with Gasteiger partial charge in [0.25, 0.3) is 0 Å². The Hall–Kier alpha value is -1.83. The number of allylic oxidation sites excluding steroid dienone is 10. The zero-order chi connectivity index (χ0) is 17.7. The fraction of sp³-hybridized carbons (Fsp3) is 0.500. The normalized spacial score (nSPS) is 12.7. The molecule has 0 aliphatic carbocycles. The molecule has 0 fully saturated rings. The maximum atomic E-state index is 10.3. The van der Waals surface area contributed by atoms with Crippen LogP contribution >= 0.6 is 0 Å². The van der Waals surface area contributed by atoms with E-state index in [1.807, 2.05) is 0 Å². The lowest BCUT2D eigenvalue weighted by Gasteiger charge is -1.94. The third-order valence-electron chi connectivity index (χ3n) is 3.42. The second-order valence-corrected chi connectivity index (χ2v) is 5.72. The molecule has 24 heavy (non-hydrogen) atoms.